The van der Waals surface area contributed by atoms with Crippen LogP contribution in [0.25, 0.3) is 0 Å². The van der Waals surface area contributed by atoms with Crippen LogP contribution in [0.1, 0.15) is 12.5 Å². The predicted octanol–water partition coefficient (Wildman–Crippen LogP) is 4.13. The highest BCUT2D eigenvalue weighted by atomic mass is 35.5. The van der Waals surface area contributed by atoms with Crippen molar-refractivity contribution in [3.05, 3.63) is 58.1 Å². The van der Waals surface area contributed by atoms with Gasteiger partial charge in [-0.2, -0.15) is 0 Å². The largest absolute Gasteiger partial charge is 0.264 e. The van der Waals surface area contributed by atoms with E-state index in [4.69, 9.17) is 23.2 Å². The van der Waals surface area contributed by atoms with E-state index in [0.717, 1.165) is 11.3 Å². The zero-order valence-corrected chi connectivity index (χ0v) is 13.6. The fraction of sp³-hybridized carbons (Fsp3) is 0.200. The monoisotopic (exact) mass is 341 g/mol. The van der Waals surface area contributed by atoms with E-state index >= 15 is 0 Å². The van der Waals surface area contributed by atoms with E-state index in [1.54, 1.807) is 0 Å². The Hall–Kier alpha value is -1.23. The van der Waals surface area contributed by atoms with Gasteiger partial charge in [-0.15, -0.1) is 0 Å². The molecule has 0 aromatic heterocycles. The lowest BCUT2D eigenvalue weighted by Gasteiger charge is -2.24. The number of anilines is 1. The molecule has 110 valence electrons. The summed E-state index contributed by atoms with van der Waals surface area (Å²) in [6.07, 6.45) is 0.705. The Morgan fingerprint density at radius 3 is 2.52 bits per heavy atom. The number of benzene rings is 2. The number of hydrogen-bond acceptors (Lipinski definition) is 2. The highest BCUT2D eigenvalue weighted by Gasteiger charge is 2.35. The average Bonchev–Trinajstić information content (AvgIpc) is 2.78. The van der Waals surface area contributed by atoms with E-state index in [1.165, 1.54) is 22.5 Å². The van der Waals surface area contributed by atoms with Gasteiger partial charge in [0.15, 0.2) is 0 Å². The summed E-state index contributed by atoms with van der Waals surface area (Å²) < 4.78 is 27.3. The molecule has 1 aliphatic rings. The van der Waals surface area contributed by atoms with E-state index in [9.17, 15) is 8.42 Å². The fourth-order valence-corrected chi connectivity index (χ4v) is 4.74. The van der Waals surface area contributed by atoms with Gasteiger partial charge in [0.2, 0.25) is 0 Å². The molecule has 3 rings (SSSR count). The van der Waals surface area contributed by atoms with Crippen molar-refractivity contribution < 1.29 is 8.42 Å². The molecule has 0 aliphatic carbocycles. The normalized spacial score (nSPS) is 17.9. The summed E-state index contributed by atoms with van der Waals surface area (Å²) in [5.74, 6) is 0. The molecule has 1 aliphatic heterocycles. The summed E-state index contributed by atoms with van der Waals surface area (Å²) in [4.78, 5) is 0.153. The van der Waals surface area contributed by atoms with Gasteiger partial charge in [-0.05, 0) is 43.2 Å². The molecular formula is C15H13Cl2NO2S. The SMILES string of the molecule is CC1Cc2ccccc2N1S(=O)(=O)c1ccc(Cl)c(Cl)c1. The van der Waals surface area contributed by atoms with Crippen molar-refractivity contribution in [2.45, 2.75) is 24.3 Å². The zero-order valence-electron chi connectivity index (χ0n) is 11.3. The minimum atomic E-state index is -3.65. The molecule has 1 heterocycles. The molecular weight excluding hydrogens is 329 g/mol. The number of nitrogens with zero attached hydrogens (tertiary/aromatic N) is 1. The topological polar surface area (TPSA) is 37.4 Å². The van der Waals surface area contributed by atoms with E-state index in [0.29, 0.717) is 11.4 Å². The molecule has 0 bridgehead atoms. The number of sulfonamides is 1. The Morgan fingerprint density at radius 1 is 1.10 bits per heavy atom. The summed E-state index contributed by atoms with van der Waals surface area (Å²) in [6.45, 7) is 1.90. The van der Waals surface area contributed by atoms with Crippen LogP contribution in [0.2, 0.25) is 10.0 Å². The maximum absolute atomic E-state index is 12.9. The van der Waals surface area contributed by atoms with Crippen molar-refractivity contribution in [3.63, 3.8) is 0 Å². The van der Waals surface area contributed by atoms with Crippen molar-refractivity contribution in [2.75, 3.05) is 4.31 Å². The Balaban J connectivity index is 2.12. The van der Waals surface area contributed by atoms with E-state index in [1.807, 2.05) is 31.2 Å². The zero-order chi connectivity index (χ0) is 15.2. The number of hydrogen-bond donors (Lipinski definition) is 0. The minimum absolute atomic E-state index is 0.123. The van der Waals surface area contributed by atoms with Crippen LogP contribution < -0.4 is 4.31 Å². The van der Waals surface area contributed by atoms with E-state index < -0.39 is 10.0 Å². The summed E-state index contributed by atoms with van der Waals surface area (Å²) in [5, 5.41) is 0.573. The van der Waals surface area contributed by atoms with E-state index in [-0.39, 0.29) is 16.0 Å². The average molecular weight is 342 g/mol. The van der Waals surface area contributed by atoms with Crippen LogP contribution in [-0.4, -0.2) is 14.5 Å². The van der Waals surface area contributed by atoms with Crippen LogP contribution in [0.4, 0.5) is 5.69 Å². The quantitative estimate of drug-likeness (QED) is 0.823. The van der Waals surface area contributed by atoms with Crippen LogP contribution >= 0.6 is 23.2 Å². The Labute approximate surface area is 134 Å². The first-order chi connectivity index (χ1) is 9.91. The van der Waals surface area contributed by atoms with Gasteiger partial charge in [0.25, 0.3) is 10.0 Å². The Bertz CT molecular complexity index is 805. The molecule has 1 atom stereocenters. The maximum Gasteiger partial charge on any atom is 0.264 e. The second kappa shape index (κ2) is 5.20. The molecule has 6 heteroatoms. The Kier molecular flexibility index (Phi) is 3.64. The molecule has 2 aromatic rings. The number of halogens is 2. The molecule has 1 unspecified atom stereocenters. The first-order valence-corrected chi connectivity index (χ1v) is 8.68. The predicted molar refractivity (Wildman–Crippen MR) is 85.7 cm³/mol. The molecule has 0 fully saturated rings. The van der Waals surface area contributed by atoms with Gasteiger partial charge in [0.1, 0.15) is 0 Å². The second-order valence-corrected chi connectivity index (χ2v) is 7.69. The molecule has 0 saturated heterocycles. The molecule has 3 nitrogen and oxygen atoms in total. The third-order valence-corrected chi connectivity index (χ3v) is 6.26. The summed E-state index contributed by atoms with van der Waals surface area (Å²) in [6, 6.07) is 11.8. The van der Waals surface area contributed by atoms with Crippen molar-refractivity contribution in [2.24, 2.45) is 0 Å². The van der Waals surface area contributed by atoms with Crippen LogP contribution in [0.3, 0.4) is 0 Å². The maximum atomic E-state index is 12.9. The Morgan fingerprint density at radius 2 is 1.81 bits per heavy atom. The molecule has 0 spiro atoms. The second-order valence-electron chi connectivity index (χ2n) is 5.06. The standard InChI is InChI=1S/C15H13Cl2NO2S/c1-10-8-11-4-2-3-5-15(11)18(10)21(19,20)12-6-7-13(16)14(17)9-12/h2-7,9-10H,8H2,1H3. The lowest BCUT2D eigenvalue weighted by molar-refractivity contribution is 0.584. The minimum Gasteiger partial charge on any atom is -0.263 e. The lowest BCUT2D eigenvalue weighted by Crippen LogP contribution is -2.35. The molecule has 0 amide bonds. The van der Waals surface area contributed by atoms with Crippen molar-refractivity contribution in [1.29, 1.82) is 0 Å². The van der Waals surface area contributed by atoms with Gasteiger partial charge in [-0.25, -0.2) is 8.42 Å². The molecule has 2 aromatic carbocycles. The first kappa shape index (κ1) is 14.7. The fourth-order valence-electron chi connectivity index (χ4n) is 2.65. The highest BCUT2D eigenvalue weighted by Crippen LogP contribution is 2.37. The molecule has 21 heavy (non-hydrogen) atoms. The summed E-state index contributed by atoms with van der Waals surface area (Å²) in [5.41, 5.74) is 1.77. The van der Waals surface area contributed by atoms with Crippen molar-refractivity contribution >= 4 is 38.9 Å². The lowest BCUT2D eigenvalue weighted by atomic mass is 10.1. The van der Waals surface area contributed by atoms with Crippen LogP contribution in [0.5, 0.6) is 0 Å². The van der Waals surface area contributed by atoms with Crippen molar-refractivity contribution in [3.8, 4) is 0 Å². The number of para-hydroxylation sites is 1. The van der Waals surface area contributed by atoms with Crippen LogP contribution in [0, 0.1) is 0 Å². The van der Waals surface area contributed by atoms with Gasteiger partial charge in [-0.1, -0.05) is 41.4 Å². The molecule has 0 radical (unpaired) electrons. The van der Waals surface area contributed by atoms with Crippen LogP contribution in [0.15, 0.2) is 47.4 Å². The van der Waals surface area contributed by atoms with E-state index in [2.05, 4.69) is 0 Å². The third-order valence-electron chi connectivity index (χ3n) is 3.59. The number of fused-ring (bicyclic) bond motifs is 1. The number of rotatable bonds is 2. The third kappa shape index (κ3) is 2.41. The van der Waals surface area contributed by atoms with Gasteiger partial charge in [-0.3, -0.25) is 4.31 Å². The summed E-state index contributed by atoms with van der Waals surface area (Å²) in [7, 11) is -3.65. The first-order valence-electron chi connectivity index (χ1n) is 6.48. The van der Waals surface area contributed by atoms with Gasteiger partial charge >= 0.3 is 0 Å². The summed E-state index contributed by atoms with van der Waals surface area (Å²) >= 11 is 11.8. The van der Waals surface area contributed by atoms with Gasteiger partial charge in [0, 0.05) is 6.04 Å². The van der Waals surface area contributed by atoms with Crippen molar-refractivity contribution in [1.82, 2.24) is 0 Å². The molecule has 0 saturated carbocycles. The van der Waals surface area contributed by atoms with Gasteiger partial charge < -0.3 is 0 Å². The smallest absolute Gasteiger partial charge is 0.263 e. The molecule has 0 N–H and O–H groups in total. The highest BCUT2D eigenvalue weighted by molar-refractivity contribution is 7.92. The van der Waals surface area contributed by atoms with Gasteiger partial charge in [0.05, 0.1) is 20.6 Å². The van der Waals surface area contributed by atoms with Crippen LogP contribution in [-0.2, 0) is 16.4 Å².